The second kappa shape index (κ2) is 7.67. The number of carbonyl (C=O) groups excluding carboxylic acids is 2. The second-order valence-electron chi connectivity index (χ2n) is 5.15. The fraction of sp³-hybridized carbons (Fsp3) is 0.111. The Kier molecular flexibility index (Phi) is 5.35. The van der Waals surface area contributed by atoms with Crippen molar-refractivity contribution in [3.8, 4) is 5.75 Å². The van der Waals surface area contributed by atoms with Crippen molar-refractivity contribution >= 4 is 55.6 Å². The molecular formula is C18H14BrNO4S. The number of fused-ring (bicyclic) bond motifs is 1. The summed E-state index contributed by atoms with van der Waals surface area (Å²) in [7, 11) is 1.30. The third kappa shape index (κ3) is 4.18. The van der Waals surface area contributed by atoms with Gasteiger partial charge >= 0.3 is 5.97 Å². The standard InChI is InChI=1S/C18H14BrNO4S/c1-23-18(22)17-15(6-7-25-17)20-16(21)10-24-14-5-3-11-8-13(19)4-2-12(11)9-14/h2-9H,10H2,1H3,(H,20,21). The lowest BCUT2D eigenvalue weighted by molar-refractivity contribution is -0.118. The molecule has 0 spiro atoms. The van der Waals surface area contributed by atoms with Crippen molar-refractivity contribution in [2.45, 2.75) is 0 Å². The molecule has 3 aromatic rings. The quantitative estimate of drug-likeness (QED) is 0.619. The molecule has 7 heteroatoms. The third-order valence-electron chi connectivity index (χ3n) is 3.45. The number of anilines is 1. The van der Waals surface area contributed by atoms with Crippen molar-refractivity contribution in [3.05, 3.63) is 57.2 Å². The van der Waals surface area contributed by atoms with Crippen LogP contribution in [0.2, 0.25) is 0 Å². The predicted octanol–water partition coefficient (Wildman–Crippen LogP) is 4.47. The average Bonchev–Trinajstić information content (AvgIpc) is 3.07. The van der Waals surface area contributed by atoms with Crippen LogP contribution in [-0.4, -0.2) is 25.6 Å². The lowest BCUT2D eigenvalue weighted by Crippen LogP contribution is -2.21. The highest BCUT2D eigenvalue weighted by atomic mass is 79.9. The highest BCUT2D eigenvalue weighted by molar-refractivity contribution is 9.10. The van der Waals surface area contributed by atoms with Crippen LogP contribution >= 0.6 is 27.3 Å². The molecule has 0 atom stereocenters. The molecule has 25 heavy (non-hydrogen) atoms. The summed E-state index contributed by atoms with van der Waals surface area (Å²) >= 11 is 4.64. The predicted molar refractivity (Wildman–Crippen MR) is 101 cm³/mol. The van der Waals surface area contributed by atoms with Gasteiger partial charge in [-0.15, -0.1) is 11.3 Å². The molecule has 0 unspecified atom stereocenters. The zero-order valence-electron chi connectivity index (χ0n) is 13.2. The molecule has 1 aromatic heterocycles. The molecule has 0 bridgehead atoms. The number of nitrogens with one attached hydrogen (secondary N) is 1. The van der Waals surface area contributed by atoms with Crippen LogP contribution in [0.25, 0.3) is 10.8 Å². The summed E-state index contributed by atoms with van der Waals surface area (Å²) in [6.45, 7) is -0.154. The fourth-order valence-electron chi connectivity index (χ4n) is 2.28. The van der Waals surface area contributed by atoms with Crippen molar-refractivity contribution in [1.29, 1.82) is 0 Å². The molecule has 2 aromatic carbocycles. The molecule has 1 heterocycles. The summed E-state index contributed by atoms with van der Waals surface area (Å²) in [5.41, 5.74) is 0.425. The maximum atomic E-state index is 12.1. The Morgan fingerprint density at radius 3 is 2.68 bits per heavy atom. The monoisotopic (exact) mass is 419 g/mol. The van der Waals surface area contributed by atoms with Crippen LogP contribution in [0.3, 0.4) is 0 Å². The van der Waals surface area contributed by atoms with E-state index in [9.17, 15) is 9.59 Å². The van der Waals surface area contributed by atoms with Crippen molar-refractivity contribution < 1.29 is 19.1 Å². The van der Waals surface area contributed by atoms with Crippen LogP contribution in [0, 0.1) is 0 Å². The summed E-state index contributed by atoms with van der Waals surface area (Å²) in [4.78, 5) is 24.0. The number of hydrogen-bond donors (Lipinski definition) is 1. The topological polar surface area (TPSA) is 64.6 Å². The molecule has 0 saturated heterocycles. The van der Waals surface area contributed by atoms with Gasteiger partial charge in [-0.05, 0) is 46.5 Å². The second-order valence-corrected chi connectivity index (χ2v) is 6.98. The van der Waals surface area contributed by atoms with Gasteiger partial charge in [0.05, 0.1) is 12.8 Å². The number of benzene rings is 2. The molecular weight excluding hydrogens is 406 g/mol. The first-order valence-electron chi connectivity index (χ1n) is 7.34. The zero-order chi connectivity index (χ0) is 17.8. The molecule has 1 N–H and O–H groups in total. The van der Waals surface area contributed by atoms with E-state index in [-0.39, 0.29) is 12.5 Å². The first-order chi connectivity index (χ1) is 12.1. The van der Waals surface area contributed by atoms with E-state index < -0.39 is 5.97 Å². The summed E-state index contributed by atoms with van der Waals surface area (Å²) in [5, 5.41) is 6.47. The Morgan fingerprint density at radius 1 is 1.12 bits per heavy atom. The van der Waals surface area contributed by atoms with E-state index in [4.69, 9.17) is 4.74 Å². The first kappa shape index (κ1) is 17.4. The van der Waals surface area contributed by atoms with E-state index in [0.29, 0.717) is 16.3 Å². The lowest BCUT2D eigenvalue weighted by atomic mass is 10.1. The van der Waals surface area contributed by atoms with Gasteiger partial charge in [-0.3, -0.25) is 4.79 Å². The molecule has 0 radical (unpaired) electrons. The van der Waals surface area contributed by atoms with E-state index >= 15 is 0 Å². The lowest BCUT2D eigenvalue weighted by Gasteiger charge is -2.09. The van der Waals surface area contributed by atoms with Gasteiger partial charge in [0.15, 0.2) is 6.61 Å². The number of thiophene rings is 1. The van der Waals surface area contributed by atoms with Crippen molar-refractivity contribution in [1.82, 2.24) is 0 Å². The summed E-state index contributed by atoms with van der Waals surface area (Å²) in [6.07, 6.45) is 0. The number of amides is 1. The number of hydrogen-bond acceptors (Lipinski definition) is 5. The number of ether oxygens (including phenoxy) is 2. The largest absolute Gasteiger partial charge is 0.484 e. The Hall–Kier alpha value is -2.38. The molecule has 0 aliphatic heterocycles. The highest BCUT2D eigenvalue weighted by Crippen LogP contribution is 2.25. The van der Waals surface area contributed by atoms with Crippen LogP contribution in [-0.2, 0) is 9.53 Å². The summed E-state index contributed by atoms with van der Waals surface area (Å²) in [6, 6.07) is 13.2. The van der Waals surface area contributed by atoms with Crippen LogP contribution in [0.5, 0.6) is 5.75 Å². The average molecular weight is 420 g/mol. The minimum absolute atomic E-state index is 0.154. The van der Waals surface area contributed by atoms with Crippen molar-refractivity contribution in [2.75, 3.05) is 19.0 Å². The zero-order valence-corrected chi connectivity index (χ0v) is 15.6. The maximum absolute atomic E-state index is 12.1. The molecule has 0 aliphatic rings. The van der Waals surface area contributed by atoms with E-state index in [1.54, 1.807) is 11.4 Å². The molecule has 128 valence electrons. The van der Waals surface area contributed by atoms with Crippen molar-refractivity contribution in [3.63, 3.8) is 0 Å². The fourth-order valence-corrected chi connectivity index (χ4v) is 3.42. The van der Waals surface area contributed by atoms with Gasteiger partial charge in [0, 0.05) is 4.47 Å². The highest BCUT2D eigenvalue weighted by Gasteiger charge is 2.15. The smallest absolute Gasteiger partial charge is 0.350 e. The Labute approximate surface area is 156 Å². The molecule has 0 aliphatic carbocycles. The van der Waals surface area contributed by atoms with Gasteiger partial charge in [0.25, 0.3) is 5.91 Å². The Bertz CT molecular complexity index is 938. The molecule has 3 rings (SSSR count). The van der Waals surface area contributed by atoms with Crippen LogP contribution in [0.1, 0.15) is 9.67 Å². The van der Waals surface area contributed by atoms with E-state index in [0.717, 1.165) is 15.2 Å². The molecule has 5 nitrogen and oxygen atoms in total. The van der Waals surface area contributed by atoms with Gasteiger partial charge in [-0.25, -0.2) is 4.79 Å². The normalized spacial score (nSPS) is 10.5. The molecule has 0 saturated carbocycles. The number of carbonyl (C=O) groups is 2. The first-order valence-corrected chi connectivity index (χ1v) is 9.02. The van der Waals surface area contributed by atoms with Crippen LogP contribution in [0.15, 0.2) is 52.3 Å². The number of rotatable bonds is 5. The van der Waals surface area contributed by atoms with Crippen LogP contribution in [0.4, 0.5) is 5.69 Å². The third-order valence-corrected chi connectivity index (χ3v) is 4.84. The van der Waals surface area contributed by atoms with E-state index in [1.807, 2.05) is 36.4 Å². The van der Waals surface area contributed by atoms with Gasteiger partial charge < -0.3 is 14.8 Å². The minimum Gasteiger partial charge on any atom is -0.484 e. The molecule has 0 fully saturated rings. The number of esters is 1. The summed E-state index contributed by atoms with van der Waals surface area (Å²) < 4.78 is 11.2. The molecule has 1 amide bonds. The van der Waals surface area contributed by atoms with Gasteiger partial charge in [0.1, 0.15) is 10.6 Å². The van der Waals surface area contributed by atoms with Crippen molar-refractivity contribution in [2.24, 2.45) is 0 Å². The minimum atomic E-state index is -0.480. The van der Waals surface area contributed by atoms with E-state index in [1.165, 1.54) is 18.4 Å². The maximum Gasteiger partial charge on any atom is 0.350 e. The Morgan fingerprint density at radius 2 is 1.88 bits per heavy atom. The van der Waals surface area contributed by atoms with Crippen LogP contribution < -0.4 is 10.1 Å². The van der Waals surface area contributed by atoms with Gasteiger partial charge in [-0.2, -0.15) is 0 Å². The SMILES string of the molecule is COC(=O)c1sccc1NC(=O)COc1ccc2cc(Br)ccc2c1. The summed E-state index contributed by atoms with van der Waals surface area (Å²) in [5.74, 6) is -0.227. The number of methoxy groups -OCH3 is 1. The number of halogens is 1. The Balaban J connectivity index is 1.64. The van der Waals surface area contributed by atoms with E-state index in [2.05, 4.69) is 26.0 Å². The van der Waals surface area contributed by atoms with Gasteiger partial charge in [0.2, 0.25) is 0 Å². The van der Waals surface area contributed by atoms with Gasteiger partial charge in [-0.1, -0.05) is 28.1 Å².